The van der Waals surface area contributed by atoms with Gasteiger partial charge in [0.2, 0.25) is 5.91 Å². The quantitative estimate of drug-likeness (QED) is 0.389. The molecule has 6 nitrogen and oxygen atoms in total. The Hall–Kier alpha value is -4.45. The van der Waals surface area contributed by atoms with E-state index in [0.29, 0.717) is 16.8 Å². The van der Waals surface area contributed by atoms with Crippen molar-refractivity contribution in [1.29, 1.82) is 0 Å². The molecule has 0 N–H and O–H groups in total. The normalized spacial score (nSPS) is 18.5. The van der Waals surface area contributed by atoms with Crippen molar-refractivity contribution in [3.8, 4) is 5.75 Å². The molecule has 2 aliphatic heterocycles. The molecule has 3 heterocycles. The molecule has 0 fully saturated rings. The number of para-hydroxylation sites is 1. The molecule has 1 spiro atoms. The van der Waals surface area contributed by atoms with E-state index in [2.05, 4.69) is 34.6 Å². The number of anilines is 1. The van der Waals surface area contributed by atoms with Gasteiger partial charge in [-0.15, -0.1) is 0 Å². The van der Waals surface area contributed by atoms with Crippen LogP contribution in [0.2, 0.25) is 0 Å². The third-order valence-corrected chi connectivity index (χ3v) is 6.96. The summed E-state index contributed by atoms with van der Waals surface area (Å²) < 4.78 is 11.2. The maximum absolute atomic E-state index is 14.7. The number of aromatic nitrogens is 2. The number of carbonyl (C=O) groups is 1. The second-order valence-electron chi connectivity index (χ2n) is 8.68. The summed E-state index contributed by atoms with van der Waals surface area (Å²) >= 11 is 0. The van der Waals surface area contributed by atoms with Gasteiger partial charge in [-0.05, 0) is 45.2 Å². The lowest BCUT2D eigenvalue weighted by Crippen LogP contribution is -2.44. The summed E-state index contributed by atoms with van der Waals surface area (Å²) in [6.45, 7) is 0.205. The Bertz CT molecular complexity index is 1510. The monoisotopic (exact) mass is 445 g/mol. The number of amides is 1. The van der Waals surface area contributed by atoms with Gasteiger partial charge in [-0.1, -0.05) is 78.9 Å². The number of carbonyl (C=O) groups excluding carboxylic acids is 1. The number of fused-ring (bicyclic) bond motifs is 6. The van der Waals surface area contributed by atoms with E-state index in [1.165, 1.54) is 0 Å². The molecule has 164 valence electrons. The van der Waals surface area contributed by atoms with Crippen molar-refractivity contribution in [2.75, 3.05) is 11.5 Å². The van der Waals surface area contributed by atoms with Gasteiger partial charge in [-0.25, -0.2) is 4.63 Å². The molecular weight excluding hydrogens is 426 g/mol. The molecule has 0 saturated carbocycles. The summed E-state index contributed by atoms with van der Waals surface area (Å²) in [7, 11) is 0. The maximum Gasteiger partial charge on any atom is 0.246 e. The summed E-state index contributed by atoms with van der Waals surface area (Å²) in [6.07, 6.45) is 0. The maximum atomic E-state index is 14.7. The van der Waals surface area contributed by atoms with Crippen molar-refractivity contribution in [3.63, 3.8) is 0 Å². The van der Waals surface area contributed by atoms with Crippen LogP contribution in [0.15, 0.2) is 102 Å². The molecule has 0 aliphatic carbocycles. The molecule has 5 aromatic rings. The topological polar surface area (TPSA) is 68.5 Å². The second kappa shape index (κ2) is 7.02. The Labute approximate surface area is 195 Å². The van der Waals surface area contributed by atoms with E-state index in [1.54, 1.807) is 0 Å². The molecule has 1 aromatic heterocycles. The van der Waals surface area contributed by atoms with Crippen LogP contribution < -0.4 is 9.64 Å². The summed E-state index contributed by atoms with van der Waals surface area (Å²) in [5, 5.41) is 8.18. The SMILES string of the molecule is O=C1N(C(c2ccccc2)c2ccccc2)c2ccccc2C12COc1ccc3nonc3c12. The van der Waals surface area contributed by atoms with Gasteiger partial charge in [0, 0.05) is 11.3 Å². The number of rotatable bonds is 3. The van der Waals surface area contributed by atoms with Crippen molar-refractivity contribution in [2.45, 2.75) is 11.5 Å². The molecule has 1 unspecified atom stereocenters. The molecule has 0 radical (unpaired) electrons. The molecule has 0 saturated heterocycles. The van der Waals surface area contributed by atoms with Gasteiger partial charge >= 0.3 is 0 Å². The van der Waals surface area contributed by atoms with Crippen molar-refractivity contribution in [3.05, 3.63) is 119 Å². The number of nitrogens with zero attached hydrogens (tertiary/aromatic N) is 3. The van der Waals surface area contributed by atoms with E-state index in [-0.39, 0.29) is 18.6 Å². The van der Waals surface area contributed by atoms with Crippen LogP contribution in [0, 0.1) is 0 Å². The zero-order chi connectivity index (χ0) is 22.7. The Morgan fingerprint density at radius 3 is 2.21 bits per heavy atom. The Morgan fingerprint density at radius 1 is 0.794 bits per heavy atom. The lowest BCUT2D eigenvalue weighted by molar-refractivity contribution is -0.122. The first-order chi connectivity index (χ1) is 16.8. The standard InChI is InChI=1S/C28H19N3O3/c32-27-28(17-33-23-16-15-21-25(24(23)28)30-34-29-21)20-13-7-8-14-22(20)31(27)26(18-9-3-1-4-10-18)19-11-5-2-6-12-19/h1-16,26H,17H2. The zero-order valence-corrected chi connectivity index (χ0v) is 18.1. The van der Waals surface area contributed by atoms with Crippen LogP contribution in [0.3, 0.4) is 0 Å². The van der Waals surface area contributed by atoms with Gasteiger partial charge in [-0.2, -0.15) is 0 Å². The Morgan fingerprint density at radius 2 is 1.47 bits per heavy atom. The lowest BCUT2D eigenvalue weighted by atomic mass is 9.76. The van der Waals surface area contributed by atoms with Crippen LogP contribution in [0.1, 0.15) is 28.3 Å². The highest BCUT2D eigenvalue weighted by molar-refractivity contribution is 6.14. The van der Waals surface area contributed by atoms with Crippen LogP contribution in [-0.2, 0) is 10.2 Å². The third kappa shape index (κ3) is 2.42. The second-order valence-corrected chi connectivity index (χ2v) is 8.68. The van der Waals surface area contributed by atoms with Crippen LogP contribution >= 0.6 is 0 Å². The van der Waals surface area contributed by atoms with Crippen LogP contribution in [0.25, 0.3) is 11.0 Å². The average molecular weight is 445 g/mol. The third-order valence-electron chi connectivity index (χ3n) is 6.96. The highest BCUT2D eigenvalue weighted by Crippen LogP contribution is 2.56. The molecular formula is C28H19N3O3. The Kier molecular flexibility index (Phi) is 3.94. The predicted molar refractivity (Wildman–Crippen MR) is 127 cm³/mol. The summed E-state index contributed by atoms with van der Waals surface area (Å²) in [5.41, 5.74) is 4.73. The van der Waals surface area contributed by atoms with Gasteiger partial charge in [0.15, 0.2) is 0 Å². The van der Waals surface area contributed by atoms with Gasteiger partial charge in [-0.3, -0.25) is 9.69 Å². The fraction of sp³-hybridized carbons (Fsp3) is 0.107. The van der Waals surface area contributed by atoms with Crippen molar-refractivity contribution >= 4 is 22.6 Å². The highest BCUT2D eigenvalue weighted by atomic mass is 16.6. The van der Waals surface area contributed by atoms with Gasteiger partial charge in [0.25, 0.3) is 0 Å². The summed E-state index contributed by atoms with van der Waals surface area (Å²) in [6, 6.07) is 31.6. The fourth-order valence-corrected chi connectivity index (χ4v) is 5.50. The molecule has 0 bridgehead atoms. The summed E-state index contributed by atoms with van der Waals surface area (Å²) in [5.74, 6) is 0.602. The minimum atomic E-state index is -1.02. The first-order valence-electron chi connectivity index (χ1n) is 11.2. The van der Waals surface area contributed by atoms with Crippen LogP contribution in [-0.4, -0.2) is 22.8 Å². The van der Waals surface area contributed by atoms with Crippen LogP contribution in [0.5, 0.6) is 5.75 Å². The van der Waals surface area contributed by atoms with E-state index >= 15 is 0 Å². The first kappa shape index (κ1) is 19.1. The number of benzene rings is 4. The van der Waals surface area contributed by atoms with Crippen molar-refractivity contribution in [1.82, 2.24) is 10.3 Å². The minimum Gasteiger partial charge on any atom is -0.491 e. The van der Waals surface area contributed by atoms with Gasteiger partial charge in [0.05, 0.1) is 6.04 Å². The predicted octanol–water partition coefficient (Wildman–Crippen LogP) is 5.04. The van der Waals surface area contributed by atoms with Gasteiger partial charge in [0.1, 0.15) is 28.8 Å². The Balaban J connectivity index is 1.51. The average Bonchev–Trinajstić information content (AvgIpc) is 3.58. The molecule has 1 amide bonds. The van der Waals surface area contributed by atoms with E-state index in [9.17, 15) is 4.79 Å². The summed E-state index contributed by atoms with van der Waals surface area (Å²) in [4.78, 5) is 16.6. The van der Waals surface area contributed by atoms with Crippen molar-refractivity contribution < 1.29 is 14.2 Å². The lowest BCUT2D eigenvalue weighted by Gasteiger charge is -2.31. The highest BCUT2D eigenvalue weighted by Gasteiger charge is 2.59. The number of ether oxygens (including phenoxy) is 1. The molecule has 4 aromatic carbocycles. The number of hydrogen-bond acceptors (Lipinski definition) is 5. The molecule has 7 rings (SSSR count). The van der Waals surface area contributed by atoms with Crippen LogP contribution in [0.4, 0.5) is 5.69 Å². The van der Waals surface area contributed by atoms with E-state index in [0.717, 1.165) is 27.9 Å². The van der Waals surface area contributed by atoms with E-state index in [4.69, 9.17) is 9.37 Å². The fourth-order valence-electron chi connectivity index (χ4n) is 5.50. The number of hydrogen-bond donors (Lipinski definition) is 0. The molecule has 1 atom stereocenters. The largest absolute Gasteiger partial charge is 0.491 e. The van der Waals surface area contributed by atoms with Crippen molar-refractivity contribution in [2.24, 2.45) is 0 Å². The smallest absolute Gasteiger partial charge is 0.246 e. The van der Waals surface area contributed by atoms with E-state index < -0.39 is 5.41 Å². The minimum absolute atomic E-state index is 0.0411. The van der Waals surface area contributed by atoms with Gasteiger partial charge < -0.3 is 4.74 Å². The van der Waals surface area contributed by atoms with E-state index in [1.807, 2.05) is 77.7 Å². The first-order valence-corrected chi connectivity index (χ1v) is 11.2. The zero-order valence-electron chi connectivity index (χ0n) is 18.1. The molecule has 6 heteroatoms. The molecule has 34 heavy (non-hydrogen) atoms. The molecule has 2 aliphatic rings.